The molecule has 10 heteroatoms. The van der Waals surface area contributed by atoms with Gasteiger partial charge in [-0.15, -0.1) is 0 Å². The second-order valence-corrected chi connectivity index (χ2v) is 13.0. The smallest absolute Gasteiger partial charge is 0.251 e. The summed E-state index contributed by atoms with van der Waals surface area (Å²) >= 11 is 0. The number of aryl methyl sites for hydroxylation is 1. The number of nitrogens with one attached hydrogen (secondary N) is 5. The van der Waals surface area contributed by atoms with Gasteiger partial charge in [0.1, 0.15) is 18.6 Å². The Bertz CT molecular complexity index is 1490. The summed E-state index contributed by atoms with van der Waals surface area (Å²) in [7, 11) is -2.50. The predicted molar refractivity (Wildman–Crippen MR) is 151 cm³/mol. The molecular weight excluding hydrogens is 485 g/mol. The maximum Gasteiger partial charge on any atom is 0.251 e. The molecule has 1 saturated heterocycles. The summed E-state index contributed by atoms with van der Waals surface area (Å²) in [4.78, 5) is 25.3. The molecule has 37 heavy (non-hydrogen) atoms. The van der Waals surface area contributed by atoms with Crippen LogP contribution in [0.5, 0.6) is 0 Å². The number of amides is 1. The summed E-state index contributed by atoms with van der Waals surface area (Å²) in [6.45, 7) is 7.29. The van der Waals surface area contributed by atoms with Gasteiger partial charge in [-0.25, -0.2) is 0 Å². The van der Waals surface area contributed by atoms with Gasteiger partial charge < -0.3 is 30.8 Å². The Morgan fingerprint density at radius 2 is 1.81 bits per heavy atom. The molecule has 0 bridgehead atoms. The molecule has 0 unspecified atom stereocenters. The van der Waals surface area contributed by atoms with Crippen LogP contribution in [0, 0.1) is 6.92 Å². The zero-order valence-electron chi connectivity index (χ0n) is 21.3. The van der Waals surface area contributed by atoms with Crippen molar-refractivity contribution in [2.75, 3.05) is 37.1 Å². The Labute approximate surface area is 216 Å². The van der Waals surface area contributed by atoms with Gasteiger partial charge in [0.2, 0.25) is 5.95 Å². The lowest BCUT2D eigenvalue weighted by Gasteiger charge is -2.24. The van der Waals surface area contributed by atoms with Crippen molar-refractivity contribution in [3.63, 3.8) is 0 Å². The van der Waals surface area contributed by atoms with Crippen LogP contribution in [-0.4, -0.2) is 53.3 Å². The Balaban J connectivity index is 1.39. The van der Waals surface area contributed by atoms with E-state index in [1.165, 1.54) is 0 Å². The van der Waals surface area contributed by atoms with Gasteiger partial charge in [0.15, 0.2) is 0 Å². The highest BCUT2D eigenvalue weighted by molar-refractivity contribution is 7.70. The average molecular weight is 518 g/mol. The van der Waals surface area contributed by atoms with Gasteiger partial charge in [-0.3, -0.25) is 4.79 Å². The number of rotatable bonds is 7. The fourth-order valence-corrected chi connectivity index (χ4v) is 5.78. The van der Waals surface area contributed by atoms with E-state index in [1.54, 1.807) is 13.3 Å². The topological polar surface area (TPSA) is 124 Å². The molecule has 1 aliphatic heterocycles. The van der Waals surface area contributed by atoms with E-state index in [1.807, 2.05) is 61.7 Å². The first-order valence-corrected chi connectivity index (χ1v) is 15.0. The molecule has 1 aliphatic rings. The van der Waals surface area contributed by atoms with Crippen LogP contribution >= 0.6 is 7.14 Å². The number of fused-ring (bicyclic) bond motifs is 1. The number of para-hydroxylation sites is 1. The van der Waals surface area contributed by atoms with Crippen molar-refractivity contribution in [3.05, 3.63) is 65.9 Å². The molecule has 2 aromatic heterocycles. The van der Waals surface area contributed by atoms with Crippen LogP contribution in [0.4, 0.5) is 23.1 Å². The van der Waals surface area contributed by atoms with Crippen molar-refractivity contribution < 1.29 is 9.36 Å². The number of anilines is 4. The largest absolute Gasteiger partial charge is 0.349 e. The standard InChI is InChI=1S/C27H32N7O2P/c1-17-16-19(8-9-20(17)26(35)30-18-10-13-28-14-11-18)31-27-33-24-21(12-15-29-24)25(34-27)32-22-6-4-5-7-23(22)37(2,3)36/h4-9,12,15-16,18,28H,10-11,13-14H2,1-3H3,(H,30,35)(H3,29,31,32,33,34). The van der Waals surface area contributed by atoms with Crippen molar-refractivity contribution >= 4 is 52.5 Å². The number of aromatic amines is 1. The van der Waals surface area contributed by atoms with Crippen molar-refractivity contribution in [1.29, 1.82) is 0 Å². The van der Waals surface area contributed by atoms with E-state index >= 15 is 0 Å². The Kier molecular flexibility index (Phi) is 7.00. The first kappa shape index (κ1) is 25.0. The maximum absolute atomic E-state index is 12.8. The van der Waals surface area contributed by atoms with E-state index in [0.717, 1.165) is 53.6 Å². The van der Waals surface area contributed by atoms with Gasteiger partial charge in [-0.05, 0) is 88.1 Å². The molecule has 192 valence electrons. The molecule has 1 fully saturated rings. The van der Waals surface area contributed by atoms with E-state index in [9.17, 15) is 9.36 Å². The van der Waals surface area contributed by atoms with Crippen molar-refractivity contribution in [1.82, 2.24) is 25.6 Å². The van der Waals surface area contributed by atoms with Crippen LogP contribution in [0.1, 0.15) is 28.8 Å². The Morgan fingerprint density at radius 1 is 1.03 bits per heavy atom. The van der Waals surface area contributed by atoms with Gasteiger partial charge in [0.25, 0.3) is 5.91 Å². The average Bonchev–Trinajstić information content (AvgIpc) is 3.33. The molecule has 4 aromatic rings. The SMILES string of the molecule is Cc1cc(Nc2nc(Nc3ccccc3P(C)(C)=O)c3cc[nH]c3n2)ccc1C(=O)NC1CCNCC1. The first-order valence-electron chi connectivity index (χ1n) is 12.4. The quantitative estimate of drug-likeness (QED) is 0.229. The number of hydrogen-bond acceptors (Lipinski definition) is 7. The lowest BCUT2D eigenvalue weighted by atomic mass is 10.0. The van der Waals surface area contributed by atoms with Crippen LogP contribution in [-0.2, 0) is 4.57 Å². The molecule has 0 saturated carbocycles. The fourth-order valence-electron chi connectivity index (χ4n) is 4.62. The van der Waals surface area contributed by atoms with Crippen LogP contribution in [0.15, 0.2) is 54.7 Å². The lowest BCUT2D eigenvalue weighted by Crippen LogP contribution is -2.42. The summed E-state index contributed by atoms with van der Waals surface area (Å²) in [6, 6.07) is 15.3. The molecule has 0 aliphatic carbocycles. The van der Waals surface area contributed by atoms with E-state index in [0.29, 0.717) is 23.0 Å². The minimum atomic E-state index is -2.50. The van der Waals surface area contributed by atoms with Gasteiger partial charge in [0, 0.05) is 28.8 Å². The van der Waals surface area contributed by atoms with Crippen molar-refractivity contribution in [2.45, 2.75) is 25.8 Å². The first-order chi connectivity index (χ1) is 17.8. The third-order valence-electron chi connectivity index (χ3n) is 6.55. The third kappa shape index (κ3) is 5.68. The number of nitrogens with zero attached hydrogens (tertiary/aromatic N) is 2. The molecule has 2 aromatic carbocycles. The van der Waals surface area contributed by atoms with Crippen molar-refractivity contribution in [3.8, 4) is 0 Å². The molecule has 1 amide bonds. The monoisotopic (exact) mass is 517 g/mol. The molecule has 0 atom stereocenters. The second kappa shape index (κ2) is 10.4. The van der Waals surface area contributed by atoms with Crippen molar-refractivity contribution in [2.24, 2.45) is 0 Å². The van der Waals surface area contributed by atoms with Crippen LogP contribution in [0.3, 0.4) is 0 Å². The van der Waals surface area contributed by atoms with Gasteiger partial charge in [-0.1, -0.05) is 12.1 Å². The molecule has 3 heterocycles. The molecule has 0 spiro atoms. The number of piperidine rings is 1. The Morgan fingerprint density at radius 3 is 2.57 bits per heavy atom. The summed E-state index contributed by atoms with van der Waals surface area (Å²) in [5.41, 5.74) is 3.73. The number of H-pyrrole nitrogens is 1. The maximum atomic E-state index is 12.8. The van der Waals surface area contributed by atoms with Gasteiger partial charge in [0.05, 0.1) is 11.1 Å². The van der Waals surface area contributed by atoms with E-state index < -0.39 is 7.14 Å². The molecule has 5 rings (SSSR count). The normalized spacial score (nSPS) is 14.5. The van der Waals surface area contributed by atoms with E-state index in [2.05, 4.69) is 31.2 Å². The van der Waals surface area contributed by atoms with Gasteiger partial charge in [-0.2, -0.15) is 9.97 Å². The number of carbonyl (C=O) groups is 1. The summed E-state index contributed by atoms with van der Waals surface area (Å²) < 4.78 is 12.8. The zero-order chi connectivity index (χ0) is 26.0. The lowest BCUT2D eigenvalue weighted by molar-refractivity contribution is 0.0929. The highest BCUT2D eigenvalue weighted by Gasteiger charge is 2.19. The molecule has 9 nitrogen and oxygen atoms in total. The number of benzene rings is 2. The highest BCUT2D eigenvalue weighted by Crippen LogP contribution is 2.38. The molecule has 0 radical (unpaired) electrons. The summed E-state index contributed by atoms with van der Waals surface area (Å²) in [6.07, 6.45) is 3.69. The highest BCUT2D eigenvalue weighted by atomic mass is 31.2. The number of hydrogen-bond donors (Lipinski definition) is 5. The second-order valence-electron chi connectivity index (χ2n) is 9.78. The summed E-state index contributed by atoms with van der Waals surface area (Å²) in [5, 5.41) is 14.7. The van der Waals surface area contributed by atoms with E-state index in [-0.39, 0.29) is 11.9 Å². The minimum Gasteiger partial charge on any atom is -0.349 e. The van der Waals surface area contributed by atoms with Crippen LogP contribution < -0.4 is 26.6 Å². The number of carbonyl (C=O) groups excluding carboxylic acids is 1. The van der Waals surface area contributed by atoms with E-state index in [4.69, 9.17) is 4.98 Å². The Hall–Kier alpha value is -3.68. The zero-order valence-corrected chi connectivity index (χ0v) is 22.2. The molecular formula is C27H32N7O2P. The van der Waals surface area contributed by atoms with Gasteiger partial charge >= 0.3 is 0 Å². The van der Waals surface area contributed by atoms with Crippen LogP contribution in [0.25, 0.3) is 11.0 Å². The molecule has 5 N–H and O–H groups in total. The summed E-state index contributed by atoms with van der Waals surface area (Å²) in [5.74, 6) is 0.955. The number of aromatic nitrogens is 3. The van der Waals surface area contributed by atoms with Crippen LogP contribution in [0.2, 0.25) is 0 Å². The minimum absolute atomic E-state index is 0.0469. The fraction of sp³-hybridized carbons (Fsp3) is 0.296. The third-order valence-corrected chi connectivity index (χ3v) is 8.10. The predicted octanol–water partition coefficient (Wildman–Crippen LogP) is 4.48.